The van der Waals surface area contributed by atoms with E-state index in [9.17, 15) is 4.79 Å². The highest BCUT2D eigenvalue weighted by Gasteiger charge is 2.28. The van der Waals surface area contributed by atoms with Crippen molar-refractivity contribution in [1.82, 2.24) is 14.9 Å². The van der Waals surface area contributed by atoms with Crippen LogP contribution in [0.15, 0.2) is 12.1 Å². The Kier molecular flexibility index (Phi) is 7.30. The summed E-state index contributed by atoms with van der Waals surface area (Å²) in [7, 11) is 0. The summed E-state index contributed by atoms with van der Waals surface area (Å²) in [6.07, 6.45) is 1.79. The highest BCUT2D eigenvalue weighted by molar-refractivity contribution is 6.42. The first-order valence-corrected chi connectivity index (χ1v) is 11.0. The number of rotatable bonds is 7. The first-order chi connectivity index (χ1) is 13.8. The number of carbonyl (C=O) groups excluding carboxylic acids is 1. The van der Waals surface area contributed by atoms with Crippen LogP contribution in [-0.2, 0) is 9.53 Å². The molecule has 0 bridgehead atoms. The van der Waals surface area contributed by atoms with Crippen molar-refractivity contribution in [3.8, 4) is 0 Å². The Balaban J connectivity index is 1.67. The molecule has 1 aliphatic rings. The van der Waals surface area contributed by atoms with Crippen molar-refractivity contribution in [2.45, 2.75) is 52.7 Å². The minimum Gasteiger partial charge on any atom is -0.377 e. The zero-order valence-corrected chi connectivity index (χ0v) is 19.1. The van der Waals surface area contributed by atoms with Crippen LogP contribution in [0, 0.1) is 5.92 Å². The van der Waals surface area contributed by atoms with Crippen molar-refractivity contribution in [2.75, 3.05) is 31.1 Å². The molecule has 1 saturated heterocycles. The number of imidazole rings is 1. The van der Waals surface area contributed by atoms with Gasteiger partial charge in [-0.05, 0) is 52.7 Å². The van der Waals surface area contributed by atoms with Gasteiger partial charge in [-0.2, -0.15) is 0 Å². The molecule has 0 unspecified atom stereocenters. The van der Waals surface area contributed by atoms with E-state index in [0.29, 0.717) is 23.2 Å². The molecule has 0 aliphatic carbocycles. The van der Waals surface area contributed by atoms with Gasteiger partial charge in [-0.3, -0.25) is 4.79 Å². The Labute approximate surface area is 182 Å². The van der Waals surface area contributed by atoms with E-state index in [0.717, 1.165) is 42.9 Å². The van der Waals surface area contributed by atoms with Gasteiger partial charge < -0.3 is 19.5 Å². The predicted molar refractivity (Wildman–Crippen MR) is 119 cm³/mol. The molecule has 1 fully saturated rings. The number of piperidine rings is 1. The number of carbonyl (C=O) groups is 1. The number of benzene rings is 1. The van der Waals surface area contributed by atoms with Gasteiger partial charge in [0.15, 0.2) is 0 Å². The Morgan fingerprint density at radius 3 is 2.48 bits per heavy atom. The maximum atomic E-state index is 12.4. The van der Waals surface area contributed by atoms with Crippen molar-refractivity contribution in [3.05, 3.63) is 22.2 Å². The van der Waals surface area contributed by atoms with Crippen LogP contribution in [0.1, 0.15) is 46.6 Å². The summed E-state index contributed by atoms with van der Waals surface area (Å²) in [5.41, 5.74) is 1.82. The van der Waals surface area contributed by atoms with Crippen molar-refractivity contribution >= 4 is 46.1 Å². The number of fused-ring (bicyclic) bond motifs is 1. The Morgan fingerprint density at radius 2 is 1.86 bits per heavy atom. The summed E-state index contributed by atoms with van der Waals surface area (Å²) < 4.78 is 7.68. The Hall–Kier alpha value is -1.50. The zero-order valence-electron chi connectivity index (χ0n) is 17.5. The lowest BCUT2D eigenvalue weighted by Gasteiger charge is -2.33. The SMILES string of the molecule is CC(C)OCCNC(=O)C1CCN(c2nc3cc(Cl)c(Cl)cc3n2C(C)C)CC1. The molecule has 6 nitrogen and oxygen atoms in total. The predicted octanol–water partition coefficient (Wildman–Crippen LogP) is 4.68. The van der Waals surface area contributed by atoms with E-state index in [1.54, 1.807) is 0 Å². The van der Waals surface area contributed by atoms with E-state index in [-0.39, 0.29) is 24.0 Å². The Bertz CT molecular complexity index is 858. The minimum atomic E-state index is 0.0334. The molecule has 1 aliphatic heterocycles. The number of nitrogens with zero attached hydrogens (tertiary/aromatic N) is 3. The number of halogens is 2. The number of nitrogens with one attached hydrogen (secondary N) is 1. The summed E-state index contributed by atoms with van der Waals surface area (Å²) in [5.74, 6) is 1.07. The van der Waals surface area contributed by atoms with Crippen molar-refractivity contribution in [3.63, 3.8) is 0 Å². The van der Waals surface area contributed by atoms with Crippen LogP contribution >= 0.6 is 23.2 Å². The van der Waals surface area contributed by atoms with Gasteiger partial charge in [-0.1, -0.05) is 23.2 Å². The molecule has 1 aromatic carbocycles. The molecule has 0 atom stereocenters. The van der Waals surface area contributed by atoms with E-state index in [1.165, 1.54) is 0 Å². The molecule has 3 rings (SSSR count). The maximum Gasteiger partial charge on any atom is 0.223 e. The number of hydrogen-bond donors (Lipinski definition) is 1. The summed E-state index contributed by atoms with van der Waals surface area (Å²) in [5, 5.41) is 4.04. The summed E-state index contributed by atoms with van der Waals surface area (Å²) in [6.45, 7) is 10.9. The Morgan fingerprint density at radius 1 is 1.21 bits per heavy atom. The monoisotopic (exact) mass is 440 g/mol. The van der Waals surface area contributed by atoms with Gasteiger partial charge in [-0.15, -0.1) is 0 Å². The number of amides is 1. The molecule has 1 amide bonds. The molecule has 1 N–H and O–H groups in total. The standard InChI is InChI=1S/C21H30Cl2N4O2/c1-13(2)27-19-12-17(23)16(22)11-18(19)25-21(27)26-8-5-15(6-9-26)20(28)24-7-10-29-14(3)4/h11-15H,5-10H2,1-4H3,(H,24,28). The largest absolute Gasteiger partial charge is 0.377 e. The van der Waals surface area contributed by atoms with E-state index in [4.69, 9.17) is 32.9 Å². The van der Waals surface area contributed by atoms with Gasteiger partial charge in [0.05, 0.1) is 33.8 Å². The third-order valence-electron chi connectivity index (χ3n) is 5.23. The summed E-state index contributed by atoms with van der Waals surface area (Å²) >= 11 is 12.4. The molecule has 8 heteroatoms. The molecular weight excluding hydrogens is 411 g/mol. The molecule has 160 valence electrons. The molecular formula is C21H30Cl2N4O2. The maximum absolute atomic E-state index is 12.4. The van der Waals surface area contributed by atoms with Crippen molar-refractivity contribution in [2.24, 2.45) is 5.92 Å². The number of aromatic nitrogens is 2. The van der Waals surface area contributed by atoms with E-state index >= 15 is 0 Å². The van der Waals surface area contributed by atoms with Gasteiger partial charge in [0, 0.05) is 31.6 Å². The molecule has 0 saturated carbocycles. The average molecular weight is 441 g/mol. The second-order valence-corrected chi connectivity index (χ2v) is 8.92. The minimum absolute atomic E-state index is 0.0334. The first kappa shape index (κ1) is 22.2. The van der Waals surface area contributed by atoms with Crippen LogP contribution in [0.2, 0.25) is 10.0 Å². The third kappa shape index (κ3) is 5.16. The molecule has 2 heterocycles. The first-order valence-electron chi connectivity index (χ1n) is 10.3. The molecule has 1 aromatic heterocycles. The van der Waals surface area contributed by atoms with E-state index in [2.05, 4.69) is 28.6 Å². The lowest BCUT2D eigenvalue weighted by atomic mass is 9.96. The average Bonchev–Trinajstić information content (AvgIpc) is 3.03. The second kappa shape index (κ2) is 9.54. The second-order valence-electron chi connectivity index (χ2n) is 8.10. The topological polar surface area (TPSA) is 59.4 Å². The summed E-state index contributed by atoms with van der Waals surface area (Å²) in [4.78, 5) is 19.5. The third-order valence-corrected chi connectivity index (χ3v) is 5.95. The van der Waals surface area contributed by atoms with Crippen LogP contribution in [0.5, 0.6) is 0 Å². The fraction of sp³-hybridized carbons (Fsp3) is 0.619. The van der Waals surface area contributed by atoms with E-state index in [1.807, 2.05) is 26.0 Å². The van der Waals surface area contributed by atoms with Crippen LogP contribution < -0.4 is 10.2 Å². The smallest absolute Gasteiger partial charge is 0.223 e. The van der Waals surface area contributed by atoms with Gasteiger partial charge >= 0.3 is 0 Å². The van der Waals surface area contributed by atoms with Gasteiger partial charge in [0.25, 0.3) is 0 Å². The fourth-order valence-corrected chi connectivity index (χ4v) is 4.08. The number of ether oxygens (including phenoxy) is 1. The van der Waals surface area contributed by atoms with Crippen LogP contribution in [0.4, 0.5) is 5.95 Å². The summed E-state index contributed by atoms with van der Waals surface area (Å²) in [6, 6.07) is 3.94. The molecule has 29 heavy (non-hydrogen) atoms. The van der Waals surface area contributed by atoms with Gasteiger partial charge in [0.1, 0.15) is 0 Å². The molecule has 0 spiro atoms. The molecule has 0 radical (unpaired) electrons. The fourth-order valence-electron chi connectivity index (χ4n) is 3.76. The van der Waals surface area contributed by atoms with Crippen molar-refractivity contribution < 1.29 is 9.53 Å². The quantitative estimate of drug-likeness (QED) is 0.634. The lowest BCUT2D eigenvalue weighted by Crippen LogP contribution is -2.42. The van der Waals surface area contributed by atoms with Crippen LogP contribution in [0.25, 0.3) is 11.0 Å². The zero-order chi connectivity index (χ0) is 21.1. The highest BCUT2D eigenvalue weighted by atomic mass is 35.5. The van der Waals surface area contributed by atoms with Crippen LogP contribution in [-0.4, -0.2) is 47.8 Å². The normalized spacial score (nSPS) is 15.7. The number of hydrogen-bond acceptors (Lipinski definition) is 4. The molecule has 2 aromatic rings. The van der Waals surface area contributed by atoms with Gasteiger partial charge in [0.2, 0.25) is 11.9 Å². The van der Waals surface area contributed by atoms with E-state index < -0.39 is 0 Å². The van der Waals surface area contributed by atoms with Crippen molar-refractivity contribution in [1.29, 1.82) is 0 Å². The highest BCUT2D eigenvalue weighted by Crippen LogP contribution is 2.34. The van der Waals surface area contributed by atoms with Gasteiger partial charge in [-0.25, -0.2) is 4.98 Å². The number of anilines is 1. The van der Waals surface area contributed by atoms with Crippen LogP contribution in [0.3, 0.4) is 0 Å². The lowest BCUT2D eigenvalue weighted by molar-refractivity contribution is -0.125.